The highest BCUT2D eigenvalue weighted by Gasteiger charge is 2.18. The number of ketones is 1. The normalized spacial score (nSPS) is 10.4. The Morgan fingerprint density at radius 3 is 2.39 bits per heavy atom. The van der Waals surface area contributed by atoms with Crippen molar-refractivity contribution in [1.29, 1.82) is 0 Å². The molecule has 0 aliphatic carbocycles. The van der Waals surface area contributed by atoms with E-state index < -0.39 is 11.6 Å². The Morgan fingerprint density at radius 2 is 1.72 bits per heavy atom. The largest absolute Gasteiger partial charge is 0.289 e. The zero-order valence-electron chi connectivity index (χ0n) is 9.51. The van der Waals surface area contributed by atoms with Crippen LogP contribution >= 0.6 is 15.9 Å². The van der Waals surface area contributed by atoms with E-state index in [4.69, 9.17) is 0 Å². The summed E-state index contributed by atoms with van der Waals surface area (Å²) in [7, 11) is 0. The highest BCUT2D eigenvalue weighted by molar-refractivity contribution is 9.10. The van der Waals surface area contributed by atoms with Crippen LogP contribution in [0.3, 0.4) is 0 Å². The second-order valence-electron chi connectivity index (χ2n) is 3.87. The molecule has 0 saturated carbocycles. The van der Waals surface area contributed by atoms with Crippen LogP contribution in [0.4, 0.5) is 8.78 Å². The van der Waals surface area contributed by atoms with Gasteiger partial charge >= 0.3 is 0 Å². The molecule has 0 spiro atoms. The first kappa shape index (κ1) is 12.9. The number of rotatable bonds is 2. The minimum atomic E-state index is -1.05. The topological polar surface area (TPSA) is 17.1 Å². The predicted octanol–water partition coefficient (Wildman–Crippen LogP) is 4.27. The van der Waals surface area contributed by atoms with Gasteiger partial charge in [0.15, 0.2) is 17.4 Å². The lowest BCUT2D eigenvalue weighted by Gasteiger charge is -2.07. The third-order valence-electron chi connectivity index (χ3n) is 2.67. The van der Waals surface area contributed by atoms with Gasteiger partial charge in [0.05, 0.1) is 4.47 Å². The third kappa shape index (κ3) is 2.20. The average Bonchev–Trinajstić information content (AvgIpc) is 2.36. The van der Waals surface area contributed by atoms with E-state index in [0.717, 1.165) is 11.6 Å². The van der Waals surface area contributed by atoms with Gasteiger partial charge in [0.1, 0.15) is 0 Å². The first-order chi connectivity index (χ1) is 8.52. The first-order valence-corrected chi connectivity index (χ1v) is 6.05. The van der Waals surface area contributed by atoms with Gasteiger partial charge in [-0.05, 0) is 40.5 Å². The summed E-state index contributed by atoms with van der Waals surface area (Å²) in [6.45, 7) is 1.79. The van der Waals surface area contributed by atoms with Gasteiger partial charge in [-0.1, -0.05) is 24.3 Å². The van der Waals surface area contributed by atoms with Crippen LogP contribution in [-0.4, -0.2) is 5.78 Å². The molecule has 0 bridgehead atoms. The van der Waals surface area contributed by atoms with Gasteiger partial charge in [0.25, 0.3) is 0 Å². The summed E-state index contributed by atoms with van der Waals surface area (Å²) in [4.78, 5) is 12.2. The van der Waals surface area contributed by atoms with Crippen molar-refractivity contribution in [2.24, 2.45) is 0 Å². The third-order valence-corrected chi connectivity index (χ3v) is 3.44. The molecule has 0 unspecified atom stereocenters. The maximum Gasteiger partial charge on any atom is 0.194 e. The smallest absolute Gasteiger partial charge is 0.194 e. The highest BCUT2D eigenvalue weighted by Crippen LogP contribution is 2.26. The molecule has 0 fully saturated rings. The standard InChI is InChI=1S/C14H9BrF2O/c1-8-4-2-3-5-9(8)14(18)10-6-7-11(16)13(17)12(10)15/h2-7H,1H3. The minimum absolute atomic E-state index is 0.114. The summed E-state index contributed by atoms with van der Waals surface area (Å²) < 4.78 is 26.2. The van der Waals surface area contributed by atoms with Gasteiger partial charge in [-0.2, -0.15) is 0 Å². The second kappa shape index (κ2) is 4.98. The monoisotopic (exact) mass is 310 g/mol. The fraction of sp³-hybridized carbons (Fsp3) is 0.0714. The molecule has 18 heavy (non-hydrogen) atoms. The lowest BCUT2D eigenvalue weighted by molar-refractivity contribution is 0.103. The molecule has 2 aromatic rings. The maximum atomic E-state index is 13.4. The predicted molar refractivity (Wildman–Crippen MR) is 68.7 cm³/mol. The first-order valence-electron chi connectivity index (χ1n) is 5.26. The summed E-state index contributed by atoms with van der Waals surface area (Å²) >= 11 is 2.92. The maximum absolute atomic E-state index is 13.4. The zero-order valence-corrected chi connectivity index (χ0v) is 11.1. The molecule has 0 atom stereocenters. The van der Waals surface area contributed by atoms with Gasteiger partial charge in [0, 0.05) is 11.1 Å². The molecular formula is C14H9BrF2O. The Morgan fingerprint density at radius 1 is 1.06 bits per heavy atom. The Labute approximate surface area is 112 Å². The van der Waals surface area contributed by atoms with E-state index in [-0.39, 0.29) is 15.8 Å². The Bertz CT molecular complexity index is 623. The summed E-state index contributed by atoms with van der Waals surface area (Å²) in [5.41, 5.74) is 1.38. The van der Waals surface area contributed by atoms with Crippen LogP contribution in [0, 0.1) is 18.6 Å². The molecule has 0 radical (unpaired) electrons. The molecular weight excluding hydrogens is 302 g/mol. The van der Waals surface area contributed by atoms with E-state index in [1.807, 2.05) is 6.07 Å². The fourth-order valence-corrected chi connectivity index (χ4v) is 2.18. The number of halogens is 3. The molecule has 0 amide bonds. The van der Waals surface area contributed by atoms with Crippen LogP contribution in [0.5, 0.6) is 0 Å². The fourth-order valence-electron chi connectivity index (χ4n) is 1.67. The molecule has 1 nitrogen and oxygen atoms in total. The minimum Gasteiger partial charge on any atom is -0.289 e. The van der Waals surface area contributed by atoms with Gasteiger partial charge in [-0.3, -0.25) is 4.79 Å². The van der Waals surface area contributed by atoms with E-state index in [1.54, 1.807) is 25.1 Å². The van der Waals surface area contributed by atoms with Crippen molar-refractivity contribution in [2.45, 2.75) is 6.92 Å². The van der Waals surface area contributed by atoms with Crippen molar-refractivity contribution in [3.63, 3.8) is 0 Å². The molecule has 4 heteroatoms. The molecule has 0 aliphatic heterocycles. The van der Waals surface area contributed by atoms with Gasteiger partial charge < -0.3 is 0 Å². The van der Waals surface area contributed by atoms with Crippen molar-refractivity contribution in [2.75, 3.05) is 0 Å². The number of hydrogen-bond donors (Lipinski definition) is 0. The molecule has 0 saturated heterocycles. The number of aryl methyl sites for hydroxylation is 1. The number of carbonyl (C=O) groups is 1. The van der Waals surface area contributed by atoms with E-state index in [0.29, 0.717) is 5.56 Å². The van der Waals surface area contributed by atoms with Crippen LogP contribution in [0.15, 0.2) is 40.9 Å². The van der Waals surface area contributed by atoms with Crippen molar-refractivity contribution in [3.05, 3.63) is 69.2 Å². The van der Waals surface area contributed by atoms with E-state index in [1.165, 1.54) is 6.07 Å². The summed E-state index contributed by atoms with van der Waals surface area (Å²) in [6, 6.07) is 9.22. The van der Waals surface area contributed by atoms with Crippen molar-refractivity contribution < 1.29 is 13.6 Å². The SMILES string of the molecule is Cc1ccccc1C(=O)c1ccc(F)c(F)c1Br. The Kier molecular flexibility index (Phi) is 3.57. The zero-order chi connectivity index (χ0) is 13.3. The van der Waals surface area contributed by atoms with E-state index in [9.17, 15) is 13.6 Å². The number of carbonyl (C=O) groups excluding carboxylic acids is 1. The summed E-state index contributed by atoms with van der Waals surface area (Å²) in [5, 5.41) is 0. The molecule has 0 aromatic heterocycles. The van der Waals surface area contributed by atoms with Crippen molar-refractivity contribution >= 4 is 21.7 Å². The Hall–Kier alpha value is -1.55. The lowest BCUT2D eigenvalue weighted by atomic mass is 9.99. The van der Waals surface area contributed by atoms with E-state index in [2.05, 4.69) is 15.9 Å². The summed E-state index contributed by atoms with van der Waals surface area (Å²) in [5.74, 6) is -2.36. The summed E-state index contributed by atoms with van der Waals surface area (Å²) in [6.07, 6.45) is 0. The Balaban J connectivity index is 2.54. The van der Waals surface area contributed by atoms with Gasteiger partial charge in [-0.15, -0.1) is 0 Å². The molecule has 0 heterocycles. The lowest BCUT2D eigenvalue weighted by Crippen LogP contribution is -2.06. The number of benzene rings is 2. The van der Waals surface area contributed by atoms with Crippen molar-refractivity contribution in [1.82, 2.24) is 0 Å². The highest BCUT2D eigenvalue weighted by atomic mass is 79.9. The quantitative estimate of drug-likeness (QED) is 0.598. The van der Waals surface area contributed by atoms with Crippen molar-refractivity contribution in [3.8, 4) is 0 Å². The van der Waals surface area contributed by atoms with Gasteiger partial charge in [-0.25, -0.2) is 8.78 Å². The van der Waals surface area contributed by atoms with Crippen LogP contribution < -0.4 is 0 Å². The van der Waals surface area contributed by atoms with Crippen LogP contribution in [0.25, 0.3) is 0 Å². The van der Waals surface area contributed by atoms with E-state index >= 15 is 0 Å². The molecule has 92 valence electrons. The molecule has 2 rings (SSSR count). The van der Waals surface area contributed by atoms with Crippen LogP contribution in [0.2, 0.25) is 0 Å². The van der Waals surface area contributed by atoms with Crippen LogP contribution in [0.1, 0.15) is 21.5 Å². The van der Waals surface area contributed by atoms with Crippen LogP contribution in [-0.2, 0) is 0 Å². The average molecular weight is 311 g/mol. The molecule has 0 aliphatic rings. The van der Waals surface area contributed by atoms with Gasteiger partial charge in [0.2, 0.25) is 0 Å². The molecule has 0 N–H and O–H groups in total. The molecule has 2 aromatic carbocycles. The number of hydrogen-bond acceptors (Lipinski definition) is 1. The second-order valence-corrected chi connectivity index (χ2v) is 4.66.